The first-order chi connectivity index (χ1) is 28.8. The quantitative estimate of drug-likeness (QED) is 0.170. The van der Waals surface area contributed by atoms with Crippen molar-refractivity contribution < 1.29 is 0 Å². The number of benzene rings is 10. The first-order valence-corrected chi connectivity index (χ1v) is 20.1. The molecule has 58 heavy (non-hydrogen) atoms. The van der Waals surface area contributed by atoms with Gasteiger partial charge in [0, 0.05) is 38.0 Å². The molecule has 0 radical (unpaired) electrons. The molecule has 1 aliphatic rings. The third kappa shape index (κ3) is 4.37. The minimum Gasteiger partial charge on any atom is -0.309 e. The molecule has 2 aromatic heterocycles. The van der Waals surface area contributed by atoms with Crippen molar-refractivity contribution >= 4 is 65.2 Å². The van der Waals surface area contributed by atoms with Crippen molar-refractivity contribution in [3.8, 4) is 55.9 Å². The van der Waals surface area contributed by atoms with Gasteiger partial charge in [0.2, 0.25) is 0 Å². The highest BCUT2D eigenvalue weighted by molar-refractivity contribution is 6.22. The Labute approximate surface area is 335 Å². The van der Waals surface area contributed by atoms with Gasteiger partial charge in [-0.15, -0.1) is 0 Å². The summed E-state index contributed by atoms with van der Waals surface area (Å²) in [4.78, 5) is 0. The number of nitrogens with zero attached hydrogens (tertiary/aromatic N) is 2. The predicted molar refractivity (Wildman–Crippen MR) is 245 cm³/mol. The van der Waals surface area contributed by atoms with Crippen molar-refractivity contribution in [3.63, 3.8) is 0 Å². The molecule has 2 heterocycles. The summed E-state index contributed by atoms with van der Waals surface area (Å²) in [7, 11) is 0. The smallest absolute Gasteiger partial charge is 0.0619 e. The van der Waals surface area contributed by atoms with Crippen LogP contribution in [0.4, 0.5) is 0 Å². The van der Waals surface area contributed by atoms with Crippen LogP contribution in [-0.2, 0) is 0 Å². The molecule has 0 saturated carbocycles. The highest BCUT2D eigenvalue weighted by Crippen LogP contribution is 2.49. The van der Waals surface area contributed by atoms with E-state index in [0.717, 1.165) is 5.69 Å². The van der Waals surface area contributed by atoms with E-state index in [0.29, 0.717) is 0 Å². The van der Waals surface area contributed by atoms with E-state index in [1.165, 1.54) is 115 Å². The molecule has 268 valence electrons. The van der Waals surface area contributed by atoms with Crippen LogP contribution in [0.15, 0.2) is 206 Å². The van der Waals surface area contributed by atoms with Crippen LogP contribution in [-0.4, -0.2) is 9.13 Å². The van der Waals surface area contributed by atoms with E-state index in [9.17, 15) is 0 Å². The van der Waals surface area contributed by atoms with Crippen LogP contribution in [0.2, 0.25) is 0 Å². The number of para-hydroxylation sites is 1. The van der Waals surface area contributed by atoms with Crippen LogP contribution in [0.3, 0.4) is 0 Å². The van der Waals surface area contributed by atoms with Crippen molar-refractivity contribution in [1.82, 2.24) is 9.13 Å². The summed E-state index contributed by atoms with van der Waals surface area (Å²) in [6, 6.07) is 76.2. The lowest BCUT2D eigenvalue weighted by molar-refractivity contribution is 1.18. The van der Waals surface area contributed by atoms with Crippen LogP contribution >= 0.6 is 0 Å². The van der Waals surface area contributed by atoms with Crippen molar-refractivity contribution in [2.24, 2.45) is 0 Å². The van der Waals surface area contributed by atoms with Gasteiger partial charge in [0.15, 0.2) is 0 Å². The summed E-state index contributed by atoms with van der Waals surface area (Å²) in [5.74, 6) is 0. The van der Waals surface area contributed by atoms with E-state index >= 15 is 0 Å². The van der Waals surface area contributed by atoms with Gasteiger partial charge >= 0.3 is 0 Å². The number of rotatable bonds is 4. The average Bonchev–Trinajstić information content (AvgIpc) is 3.93. The molecule has 12 aromatic rings. The van der Waals surface area contributed by atoms with Gasteiger partial charge in [-0.05, 0) is 104 Å². The van der Waals surface area contributed by atoms with Gasteiger partial charge in [0.25, 0.3) is 0 Å². The summed E-state index contributed by atoms with van der Waals surface area (Å²) in [6.45, 7) is 0. The van der Waals surface area contributed by atoms with Gasteiger partial charge in [-0.2, -0.15) is 0 Å². The Bertz CT molecular complexity index is 3650. The van der Waals surface area contributed by atoms with Gasteiger partial charge in [-0.3, -0.25) is 0 Å². The third-order valence-corrected chi connectivity index (χ3v) is 12.6. The largest absolute Gasteiger partial charge is 0.309 e. The lowest BCUT2D eigenvalue weighted by Crippen LogP contribution is -1.96. The lowest BCUT2D eigenvalue weighted by Gasteiger charge is -2.14. The van der Waals surface area contributed by atoms with Crippen LogP contribution < -0.4 is 0 Å². The van der Waals surface area contributed by atoms with Crippen LogP contribution in [0.1, 0.15) is 0 Å². The minimum absolute atomic E-state index is 1.16. The van der Waals surface area contributed by atoms with E-state index in [-0.39, 0.29) is 0 Å². The maximum Gasteiger partial charge on any atom is 0.0619 e. The van der Waals surface area contributed by atoms with Crippen molar-refractivity contribution in [1.29, 1.82) is 0 Å². The first kappa shape index (κ1) is 31.5. The number of fused-ring (bicyclic) bond motifs is 11. The second kappa shape index (κ2) is 11.9. The van der Waals surface area contributed by atoms with E-state index in [2.05, 4.69) is 215 Å². The zero-order valence-electron chi connectivity index (χ0n) is 31.5. The minimum atomic E-state index is 1.16. The Morgan fingerprint density at radius 2 is 0.862 bits per heavy atom. The van der Waals surface area contributed by atoms with Crippen LogP contribution in [0.25, 0.3) is 121 Å². The van der Waals surface area contributed by atoms with Crippen LogP contribution in [0.5, 0.6) is 0 Å². The van der Waals surface area contributed by atoms with E-state index in [1.807, 2.05) is 0 Å². The SMILES string of the molecule is c1ccc(-c2cccc(-n3c4ccccc4c4cc(-c5ccc6c(c5)c5ccc7ccccc7c5n6-c5ccc6c7c(cccc57)-c5ccccc5-6)ccc43)c2)cc1. The van der Waals surface area contributed by atoms with Gasteiger partial charge in [-0.25, -0.2) is 0 Å². The van der Waals surface area contributed by atoms with Crippen molar-refractivity contribution in [2.75, 3.05) is 0 Å². The fraction of sp³-hybridized carbons (Fsp3) is 0. The average molecular weight is 735 g/mol. The Kier molecular flexibility index (Phi) is 6.47. The molecule has 0 amide bonds. The molecule has 0 N–H and O–H groups in total. The molecule has 1 aliphatic carbocycles. The first-order valence-electron chi connectivity index (χ1n) is 20.1. The molecular formula is C56H34N2. The normalized spacial score (nSPS) is 12.1. The highest BCUT2D eigenvalue weighted by atomic mass is 15.0. The van der Waals surface area contributed by atoms with Gasteiger partial charge in [0.1, 0.15) is 0 Å². The summed E-state index contributed by atoms with van der Waals surface area (Å²) in [5.41, 5.74) is 17.4. The maximum atomic E-state index is 2.53. The summed E-state index contributed by atoms with van der Waals surface area (Å²) in [6.07, 6.45) is 0. The van der Waals surface area contributed by atoms with Crippen molar-refractivity contribution in [3.05, 3.63) is 206 Å². The number of hydrogen-bond donors (Lipinski definition) is 0. The molecular weight excluding hydrogens is 701 g/mol. The van der Waals surface area contributed by atoms with Gasteiger partial charge < -0.3 is 9.13 Å². The molecule has 0 fully saturated rings. The zero-order chi connectivity index (χ0) is 37.9. The molecule has 0 bridgehead atoms. The summed E-state index contributed by atoms with van der Waals surface area (Å²) in [5, 5.41) is 10.1. The predicted octanol–water partition coefficient (Wildman–Crippen LogP) is 15.2. The Morgan fingerprint density at radius 1 is 0.276 bits per heavy atom. The summed E-state index contributed by atoms with van der Waals surface area (Å²) < 4.78 is 4.95. The molecule has 0 atom stereocenters. The fourth-order valence-corrected chi connectivity index (χ4v) is 10.1. The van der Waals surface area contributed by atoms with Crippen molar-refractivity contribution in [2.45, 2.75) is 0 Å². The Hall–Kier alpha value is -7.68. The van der Waals surface area contributed by atoms with Gasteiger partial charge in [0.05, 0.1) is 27.8 Å². The topological polar surface area (TPSA) is 9.86 Å². The van der Waals surface area contributed by atoms with E-state index in [4.69, 9.17) is 0 Å². The highest BCUT2D eigenvalue weighted by Gasteiger charge is 2.24. The monoisotopic (exact) mass is 734 g/mol. The number of aromatic nitrogens is 2. The fourth-order valence-electron chi connectivity index (χ4n) is 10.1. The summed E-state index contributed by atoms with van der Waals surface area (Å²) >= 11 is 0. The molecule has 10 aromatic carbocycles. The van der Waals surface area contributed by atoms with Crippen LogP contribution in [0, 0.1) is 0 Å². The molecule has 0 unspecified atom stereocenters. The van der Waals surface area contributed by atoms with E-state index in [1.54, 1.807) is 0 Å². The zero-order valence-corrected chi connectivity index (χ0v) is 31.5. The molecule has 0 aliphatic heterocycles. The molecule has 2 heteroatoms. The van der Waals surface area contributed by atoms with E-state index < -0.39 is 0 Å². The molecule has 13 rings (SSSR count). The second-order valence-corrected chi connectivity index (χ2v) is 15.7. The third-order valence-electron chi connectivity index (χ3n) is 12.6. The molecule has 0 spiro atoms. The maximum absolute atomic E-state index is 2.53. The Morgan fingerprint density at radius 3 is 1.69 bits per heavy atom. The Balaban J connectivity index is 1.02. The lowest BCUT2D eigenvalue weighted by atomic mass is 10.00. The second-order valence-electron chi connectivity index (χ2n) is 15.7. The standard InChI is InChI=1S/C56H34N2/c1-2-12-35(13-3-1)37-15-10-16-40(32-37)57-51-23-9-8-20-44(51)49-33-38(25-29-53(49)57)39-26-30-54-50(34-39)47-27-24-36-14-4-5-17-41(36)56(47)58(54)52-31-28-46-43-19-7-6-18-42(43)45-21-11-22-48(52)55(45)46/h1-34H. The number of hydrogen-bond acceptors (Lipinski definition) is 0. The molecule has 0 saturated heterocycles. The molecule has 2 nitrogen and oxygen atoms in total. The van der Waals surface area contributed by atoms with Gasteiger partial charge in [-0.1, -0.05) is 158 Å².